The van der Waals surface area contributed by atoms with Crippen molar-refractivity contribution in [2.45, 2.75) is 25.9 Å². The summed E-state index contributed by atoms with van der Waals surface area (Å²) in [5.74, 6) is -0.576. The van der Waals surface area contributed by atoms with Gasteiger partial charge in [-0.25, -0.2) is 4.39 Å². The summed E-state index contributed by atoms with van der Waals surface area (Å²) in [4.78, 5) is 21.9. The van der Waals surface area contributed by atoms with Crippen molar-refractivity contribution in [3.63, 3.8) is 0 Å². The Morgan fingerprint density at radius 1 is 1.35 bits per heavy atom. The minimum atomic E-state index is -0.791. The highest BCUT2D eigenvalue weighted by Gasteiger charge is 2.19. The van der Waals surface area contributed by atoms with Gasteiger partial charge in [-0.05, 0) is 24.6 Å². The molecular weight excluding hydrogens is 297 g/mol. The molecule has 122 valence electrons. The van der Waals surface area contributed by atoms with Crippen LogP contribution in [0, 0.1) is 5.82 Å². The number of carbonyl (C=O) groups is 1. The molecular formula is C17H20FN3O2. The van der Waals surface area contributed by atoms with Gasteiger partial charge >= 0.3 is 0 Å². The lowest BCUT2D eigenvalue weighted by atomic mass is 10.1. The second-order valence-electron chi connectivity index (χ2n) is 5.29. The quantitative estimate of drug-likeness (QED) is 0.849. The SMILES string of the molecule is CCCN(CC(O)c1cccnc1)C(=O)Cc1ccc(F)cn1. The number of rotatable bonds is 7. The summed E-state index contributed by atoms with van der Waals surface area (Å²) >= 11 is 0. The van der Waals surface area contributed by atoms with E-state index in [0.717, 1.165) is 12.6 Å². The largest absolute Gasteiger partial charge is 0.386 e. The number of halogens is 1. The molecule has 0 saturated carbocycles. The first-order valence-corrected chi connectivity index (χ1v) is 7.56. The Kier molecular flexibility index (Phi) is 6.17. The molecule has 0 spiro atoms. The Balaban J connectivity index is 2.02. The molecule has 0 aromatic carbocycles. The van der Waals surface area contributed by atoms with E-state index in [1.807, 2.05) is 6.92 Å². The van der Waals surface area contributed by atoms with Gasteiger partial charge in [0.1, 0.15) is 5.82 Å². The van der Waals surface area contributed by atoms with Gasteiger partial charge in [0.15, 0.2) is 0 Å². The van der Waals surface area contributed by atoms with Crippen molar-refractivity contribution in [2.24, 2.45) is 0 Å². The number of aliphatic hydroxyl groups excluding tert-OH is 1. The standard InChI is InChI=1S/C17H20FN3O2/c1-2-8-21(12-16(22)13-4-3-7-19-10-13)17(23)9-15-6-5-14(18)11-20-15/h3-7,10-11,16,22H,2,8-9,12H2,1H3. The highest BCUT2D eigenvalue weighted by molar-refractivity contribution is 5.78. The fourth-order valence-corrected chi connectivity index (χ4v) is 2.25. The first kappa shape index (κ1) is 17.0. The Morgan fingerprint density at radius 2 is 2.17 bits per heavy atom. The van der Waals surface area contributed by atoms with E-state index in [4.69, 9.17) is 0 Å². The van der Waals surface area contributed by atoms with Crippen LogP contribution in [-0.4, -0.2) is 39.0 Å². The van der Waals surface area contributed by atoms with Crippen molar-refractivity contribution in [2.75, 3.05) is 13.1 Å². The molecule has 2 heterocycles. The normalized spacial score (nSPS) is 12.0. The Hall–Kier alpha value is -2.34. The van der Waals surface area contributed by atoms with E-state index in [1.165, 1.54) is 12.1 Å². The summed E-state index contributed by atoms with van der Waals surface area (Å²) in [6, 6.07) is 6.29. The van der Waals surface area contributed by atoms with Gasteiger partial charge in [-0.3, -0.25) is 14.8 Å². The van der Waals surface area contributed by atoms with Crippen LogP contribution in [0.15, 0.2) is 42.9 Å². The highest BCUT2D eigenvalue weighted by atomic mass is 19.1. The molecule has 1 amide bonds. The topological polar surface area (TPSA) is 66.3 Å². The van der Waals surface area contributed by atoms with Crippen LogP contribution in [0.4, 0.5) is 4.39 Å². The van der Waals surface area contributed by atoms with E-state index >= 15 is 0 Å². The fraction of sp³-hybridized carbons (Fsp3) is 0.353. The van der Waals surface area contributed by atoms with Crippen LogP contribution >= 0.6 is 0 Å². The lowest BCUT2D eigenvalue weighted by Crippen LogP contribution is -2.36. The minimum Gasteiger partial charge on any atom is -0.386 e. The van der Waals surface area contributed by atoms with Gasteiger partial charge in [0.25, 0.3) is 0 Å². The third-order valence-electron chi connectivity index (χ3n) is 3.43. The monoisotopic (exact) mass is 317 g/mol. The third kappa shape index (κ3) is 5.10. The van der Waals surface area contributed by atoms with Crippen molar-refractivity contribution in [1.29, 1.82) is 0 Å². The van der Waals surface area contributed by atoms with E-state index in [2.05, 4.69) is 9.97 Å². The number of hydrogen-bond donors (Lipinski definition) is 1. The first-order chi connectivity index (χ1) is 11.1. The summed E-state index contributed by atoms with van der Waals surface area (Å²) in [5, 5.41) is 10.3. The molecule has 2 rings (SSSR count). The van der Waals surface area contributed by atoms with Crippen molar-refractivity contribution < 1.29 is 14.3 Å². The number of aliphatic hydroxyl groups is 1. The van der Waals surface area contributed by atoms with Crippen LogP contribution in [-0.2, 0) is 11.2 Å². The molecule has 6 heteroatoms. The summed E-state index contributed by atoms with van der Waals surface area (Å²) < 4.78 is 12.9. The average molecular weight is 317 g/mol. The van der Waals surface area contributed by atoms with E-state index in [0.29, 0.717) is 17.8 Å². The Bertz CT molecular complexity index is 619. The van der Waals surface area contributed by atoms with Crippen LogP contribution in [0.3, 0.4) is 0 Å². The summed E-state index contributed by atoms with van der Waals surface area (Å²) in [5.41, 5.74) is 1.18. The van der Waals surface area contributed by atoms with Gasteiger partial charge in [-0.1, -0.05) is 13.0 Å². The molecule has 2 aromatic rings. The molecule has 0 aliphatic carbocycles. The molecule has 1 unspecified atom stereocenters. The lowest BCUT2D eigenvalue weighted by molar-refractivity contribution is -0.132. The van der Waals surface area contributed by atoms with Crippen molar-refractivity contribution in [3.05, 3.63) is 59.9 Å². The number of aromatic nitrogens is 2. The van der Waals surface area contributed by atoms with Gasteiger partial charge in [0, 0.05) is 30.2 Å². The number of nitrogens with zero attached hydrogens (tertiary/aromatic N) is 3. The smallest absolute Gasteiger partial charge is 0.228 e. The van der Waals surface area contributed by atoms with Crippen molar-refractivity contribution in [3.8, 4) is 0 Å². The van der Waals surface area contributed by atoms with E-state index in [-0.39, 0.29) is 18.9 Å². The molecule has 23 heavy (non-hydrogen) atoms. The second kappa shape index (κ2) is 8.33. The number of amides is 1. The van der Waals surface area contributed by atoms with Gasteiger partial charge in [-0.2, -0.15) is 0 Å². The van der Waals surface area contributed by atoms with Crippen molar-refractivity contribution in [1.82, 2.24) is 14.9 Å². The van der Waals surface area contributed by atoms with Gasteiger partial charge in [0.05, 0.1) is 25.3 Å². The number of carbonyl (C=O) groups excluding carboxylic acids is 1. The van der Waals surface area contributed by atoms with Crippen LogP contribution in [0.2, 0.25) is 0 Å². The first-order valence-electron chi connectivity index (χ1n) is 7.56. The maximum atomic E-state index is 12.9. The third-order valence-corrected chi connectivity index (χ3v) is 3.43. The maximum Gasteiger partial charge on any atom is 0.228 e. The molecule has 0 aliphatic rings. The lowest BCUT2D eigenvalue weighted by Gasteiger charge is -2.25. The number of hydrogen-bond acceptors (Lipinski definition) is 4. The molecule has 0 saturated heterocycles. The molecule has 1 atom stereocenters. The predicted octanol–water partition coefficient (Wildman–Crippen LogP) is 2.13. The minimum absolute atomic E-state index is 0.0834. The Labute approximate surface area is 134 Å². The molecule has 0 fully saturated rings. The molecule has 2 aromatic heterocycles. The maximum absolute atomic E-state index is 12.9. The van der Waals surface area contributed by atoms with Crippen LogP contribution in [0.1, 0.15) is 30.7 Å². The van der Waals surface area contributed by atoms with Gasteiger partial charge in [-0.15, -0.1) is 0 Å². The van der Waals surface area contributed by atoms with Crippen LogP contribution in [0.25, 0.3) is 0 Å². The summed E-state index contributed by atoms with van der Waals surface area (Å²) in [7, 11) is 0. The molecule has 0 aliphatic heterocycles. The van der Waals surface area contributed by atoms with Gasteiger partial charge < -0.3 is 10.0 Å². The zero-order valence-corrected chi connectivity index (χ0v) is 13.0. The summed E-state index contributed by atoms with van der Waals surface area (Å²) in [6.45, 7) is 2.70. The predicted molar refractivity (Wildman–Crippen MR) is 84.0 cm³/mol. The molecule has 0 bridgehead atoms. The number of pyridine rings is 2. The highest BCUT2D eigenvalue weighted by Crippen LogP contribution is 2.14. The van der Waals surface area contributed by atoms with E-state index in [9.17, 15) is 14.3 Å². The van der Waals surface area contributed by atoms with Crippen LogP contribution < -0.4 is 0 Å². The van der Waals surface area contributed by atoms with Crippen LogP contribution in [0.5, 0.6) is 0 Å². The average Bonchev–Trinajstić information content (AvgIpc) is 2.57. The molecule has 0 radical (unpaired) electrons. The van der Waals surface area contributed by atoms with E-state index < -0.39 is 11.9 Å². The molecule has 1 N–H and O–H groups in total. The fourth-order valence-electron chi connectivity index (χ4n) is 2.25. The summed E-state index contributed by atoms with van der Waals surface area (Å²) in [6.07, 6.45) is 4.38. The molecule has 5 nitrogen and oxygen atoms in total. The second-order valence-corrected chi connectivity index (χ2v) is 5.29. The zero-order chi connectivity index (χ0) is 16.7. The Morgan fingerprint density at radius 3 is 2.78 bits per heavy atom. The van der Waals surface area contributed by atoms with E-state index in [1.54, 1.807) is 29.4 Å². The van der Waals surface area contributed by atoms with Crippen molar-refractivity contribution >= 4 is 5.91 Å². The van der Waals surface area contributed by atoms with Gasteiger partial charge in [0.2, 0.25) is 5.91 Å². The zero-order valence-electron chi connectivity index (χ0n) is 13.0.